The van der Waals surface area contributed by atoms with Crippen LogP contribution in [-0.4, -0.2) is 46.0 Å². The molecule has 6 rings (SSSR count). The van der Waals surface area contributed by atoms with Gasteiger partial charge in [-0.3, -0.25) is 4.79 Å². The molecule has 0 unspecified atom stereocenters. The van der Waals surface area contributed by atoms with E-state index in [0.29, 0.717) is 34.2 Å². The fourth-order valence-corrected chi connectivity index (χ4v) is 4.46. The molecule has 1 aliphatic rings. The van der Waals surface area contributed by atoms with Crippen molar-refractivity contribution in [2.75, 3.05) is 7.11 Å². The zero-order chi connectivity index (χ0) is 25.0. The van der Waals surface area contributed by atoms with Crippen LogP contribution in [0.3, 0.4) is 0 Å². The van der Waals surface area contributed by atoms with Gasteiger partial charge >= 0.3 is 6.01 Å². The Morgan fingerprint density at radius 2 is 1.94 bits per heavy atom. The molecule has 0 N–H and O–H groups in total. The monoisotopic (exact) mass is 482 g/mol. The standard InChI is InChI=1S/C26H26N8O2/c1-15(2)33-14-28-31-24(33)19-6-5-7-23(29-19)34-25(35)18-11-22(16(3)10-20(18)30-26(34)36-4)32-12-21(27-13-32)17-8-9-17/h5-7,10-15,17H,8-9H2,1-4H3. The van der Waals surface area contributed by atoms with Crippen molar-refractivity contribution in [1.29, 1.82) is 0 Å². The largest absolute Gasteiger partial charge is 0.468 e. The zero-order valence-corrected chi connectivity index (χ0v) is 20.6. The molecule has 10 heteroatoms. The van der Waals surface area contributed by atoms with Gasteiger partial charge in [0.1, 0.15) is 17.8 Å². The highest BCUT2D eigenvalue weighted by Crippen LogP contribution is 2.39. The van der Waals surface area contributed by atoms with E-state index in [1.807, 2.05) is 60.5 Å². The number of hydrogen-bond acceptors (Lipinski definition) is 7. The van der Waals surface area contributed by atoms with Crippen LogP contribution in [0.4, 0.5) is 0 Å². The van der Waals surface area contributed by atoms with Crippen LogP contribution >= 0.6 is 0 Å². The van der Waals surface area contributed by atoms with Crippen LogP contribution < -0.4 is 10.3 Å². The van der Waals surface area contributed by atoms with Crippen molar-refractivity contribution in [3.05, 3.63) is 70.8 Å². The van der Waals surface area contributed by atoms with Crippen LogP contribution in [0.2, 0.25) is 0 Å². The average molecular weight is 483 g/mol. The first kappa shape index (κ1) is 22.1. The molecule has 4 heterocycles. The van der Waals surface area contributed by atoms with Gasteiger partial charge in [-0.15, -0.1) is 10.2 Å². The number of methoxy groups -OCH3 is 1. The van der Waals surface area contributed by atoms with E-state index in [2.05, 4.69) is 26.4 Å². The number of hydrogen-bond donors (Lipinski definition) is 0. The van der Waals surface area contributed by atoms with Gasteiger partial charge in [0.2, 0.25) is 0 Å². The fourth-order valence-electron chi connectivity index (χ4n) is 4.46. The van der Waals surface area contributed by atoms with E-state index in [-0.39, 0.29) is 17.6 Å². The highest BCUT2D eigenvalue weighted by Gasteiger charge is 2.26. The van der Waals surface area contributed by atoms with Crippen LogP contribution in [0, 0.1) is 6.92 Å². The highest BCUT2D eigenvalue weighted by atomic mass is 16.5. The third-order valence-electron chi connectivity index (χ3n) is 6.54. The minimum Gasteiger partial charge on any atom is -0.468 e. The van der Waals surface area contributed by atoms with Crippen LogP contribution in [0.25, 0.3) is 33.9 Å². The van der Waals surface area contributed by atoms with Gasteiger partial charge in [-0.25, -0.2) is 14.5 Å². The number of ether oxygens (including phenoxy) is 1. The molecule has 1 aromatic carbocycles. The zero-order valence-electron chi connectivity index (χ0n) is 20.6. The van der Waals surface area contributed by atoms with E-state index in [1.54, 1.807) is 12.4 Å². The summed E-state index contributed by atoms with van der Waals surface area (Å²) in [5.41, 5.74) is 3.87. The summed E-state index contributed by atoms with van der Waals surface area (Å²) in [5, 5.41) is 8.74. The molecule has 1 saturated carbocycles. The van der Waals surface area contributed by atoms with E-state index in [1.165, 1.54) is 24.5 Å². The summed E-state index contributed by atoms with van der Waals surface area (Å²) in [4.78, 5) is 27.8. The van der Waals surface area contributed by atoms with Crippen LogP contribution in [-0.2, 0) is 0 Å². The van der Waals surface area contributed by atoms with E-state index in [0.717, 1.165) is 16.9 Å². The molecule has 0 spiro atoms. The molecule has 0 amide bonds. The van der Waals surface area contributed by atoms with E-state index >= 15 is 0 Å². The van der Waals surface area contributed by atoms with Gasteiger partial charge in [0.05, 0.1) is 35.7 Å². The Morgan fingerprint density at radius 3 is 2.69 bits per heavy atom. The van der Waals surface area contributed by atoms with Gasteiger partial charge < -0.3 is 13.9 Å². The number of imidazole rings is 1. The molecule has 0 bridgehead atoms. The molecule has 182 valence electrons. The summed E-state index contributed by atoms with van der Waals surface area (Å²) in [7, 11) is 1.50. The Hall–Kier alpha value is -4.34. The second-order valence-corrected chi connectivity index (χ2v) is 9.41. The topological polar surface area (TPSA) is 106 Å². The first-order valence-electron chi connectivity index (χ1n) is 12.0. The molecule has 0 aliphatic heterocycles. The first-order chi connectivity index (χ1) is 17.4. The summed E-state index contributed by atoms with van der Waals surface area (Å²) in [6.07, 6.45) is 7.90. The minimum atomic E-state index is -0.268. The van der Waals surface area contributed by atoms with Crippen LogP contribution in [0.1, 0.15) is 49.9 Å². The molecular formula is C26H26N8O2. The normalized spacial score (nSPS) is 13.6. The lowest BCUT2D eigenvalue weighted by Crippen LogP contribution is -2.23. The molecule has 5 aromatic rings. The van der Waals surface area contributed by atoms with Gasteiger partial charge in [0, 0.05) is 18.2 Å². The number of pyridine rings is 1. The van der Waals surface area contributed by atoms with Crippen molar-refractivity contribution in [2.45, 2.75) is 45.6 Å². The molecule has 1 aliphatic carbocycles. The van der Waals surface area contributed by atoms with E-state index in [9.17, 15) is 4.79 Å². The van der Waals surface area contributed by atoms with Crippen molar-refractivity contribution in [2.24, 2.45) is 0 Å². The maximum absolute atomic E-state index is 13.8. The second kappa shape index (κ2) is 8.40. The first-order valence-corrected chi connectivity index (χ1v) is 12.0. The van der Waals surface area contributed by atoms with Crippen molar-refractivity contribution in [3.63, 3.8) is 0 Å². The lowest BCUT2D eigenvalue weighted by atomic mass is 10.1. The average Bonchev–Trinajstić information content (AvgIpc) is 3.38. The molecule has 10 nitrogen and oxygen atoms in total. The fraction of sp³-hybridized carbons (Fsp3) is 0.308. The Kier molecular flexibility index (Phi) is 5.17. The lowest BCUT2D eigenvalue weighted by molar-refractivity contribution is 0.367. The second-order valence-electron chi connectivity index (χ2n) is 9.41. The smallest absolute Gasteiger partial charge is 0.305 e. The Morgan fingerprint density at radius 1 is 1.11 bits per heavy atom. The number of aromatic nitrogens is 8. The quantitative estimate of drug-likeness (QED) is 0.360. The van der Waals surface area contributed by atoms with Gasteiger partial charge in [-0.05, 0) is 63.4 Å². The van der Waals surface area contributed by atoms with Crippen LogP contribution in [0.15, 0.2) is 54.0 Å². The maximum atomic E-state index is 13.8. The third kappa shape index (κ3) is 3.65. The Balaban J connectivity index is 1.51. The number of aryl methyl sites for hydroxylation is 1. The van der Waals surface area contributed by atoms with E-state index < -0.39 is 0 Å². The Labute approximate surface area is 207 Å². The molecule has 4 aromatic heterocycles. The molecule has 0 radical (unpaired) electrons. The molecule has 0 saturated heterocycles. The number of benzene rings is 1. The van der Waals surface area contributed by atoms with Gasteiger partial charge in [0.15, 0.2) is 5.82 Å². The molecule has 0 atom stereocenters. The molecule has 1 fully saturated rings. The maximum Gasteiger partial charge on any atom is 0.305 e. The SMILES string of the molecule is COc1nc2cc(C)c(-n3cnc(C4CC4)c3)cc2c(=O)n1-c1cccc(-c2nncn2C(C)C)n1. The number of rotatable bonds is 6. The lowest BCUT2D eigenvalue weighted by Gasteiger charge is -2.14. The van der Waals surface area contributed by atoms with Crippen molar-refractivity contribution in [1.82, 2.24) is 38.9 Å². The summed E-state index contributed by atoms with van der Waals surface area (Å²) < 4.78 is 10.8. The predicted molar refractivity (Wildman–Crippen MR) is 135 cm³/mol. The predicted octanol–water partition coefficient (Wildman–Crippen LogP) is 4.00. The third-order valence-corrected chi connectivity index (χ3v) is 6.54. The van der Waals surface area contributed by atoms with Crippen molar-refractivity contribution >= 4 is 10.9 Å². The summed E-state index contributed by atoms with van der Waals surface area (Å²) in [6.45, 7) is 6.09. The molecular weight excluding hydrogens is 456 g/mol. The van der Waals surface area contributed by atoms with Crippen molar-refractivity contribution < 1.29 is 4.74 Å². The Bertz CT molecular complexity index is 1660. The van der Waals surface area contributed by atoms with Crippen LogP contribution in [0.5, 0.6) is 6.01 Å². The summed E-state index contributed by atoms with van der Waals surface area (Å²) in [6, 6.07) is 9.52. The highest BCUT2D eigenvalue weighted by molar-refractivity contribution is 5.82. The van der Waals surface area contributed by atoms with Crippen molar-refractivity contribution in [3.8, 4) is 29.0 Å². The van der Waals surface area contributed by atoms with E-state index in [4.69, 9.17) is 9.72 Å². The van der Waals surface area contributed by atoms with Gasteiger partial charge in [-0.2, -0.15) is 4.98 Å². The number of fused-ring (bicyclic) bond motifs is 1. The van der Waals surface area contributed by atoms with Gasteiger partial charge in [-0.1, -0.05) is 6.07 Å². The minimum absolute atomic E-state index is 0.158. The molecule has 36 heavy (non-hydrogen) atoms. The van der Waals surface area contributed by atoms with Gasteiger partial charge in [0.25, 0.3) is 5.56 Å². The summed E-state index contributed by atoms with van der Waals surface area (Å²) in [5.74, 6) is 1.56. The number of nitrogens with zero attached hydrogens (tertiary/aromatic N) is 8. The summed E-state index contributed by atoms with van der Waals surface area (Å²) >= 11 is 0.